The second-order valence-corrected chi connectivity index (χ2v) is 8.34. The third kappa shape index (κ3) is 5.35. The van der Waals surface area contributed by atoms with Gasteiger partial charge in [0, 0.05) is 55.1 Å². The number of benzene rings is 1. The summed E-state index contributed by atoms with van der Waals surface area (Å²) >= 11 is 5.92. The molecule has 164 valence electrons. The van der Waals surface area contributed by atoms with E-state index in [2.05, 4.69) is 15.2 Å². The molecule has 2 aliphatic heterocycles. The van der Waals surface area contributed by atoms with Crippen molar-refractivity contribution in [2.45, 2.75) is 19.4 Å². The van der Waals surface area contributed by atoms with E-state index in [0.717, 1.165) is 37.3 Å². The molecule has 1 aromatic heterocycles. The Morgan fingerprint density at radius 3 is 2.68 bits per heavy atom. The molecule has 2 saturated heterocycles. The predicted molar refractivity (Wildman–Crippen MR) is 119 cm³/mol. The van der Waals surface area contributed by atoms with Crippen molar-refractivity contribution in [1.82, 2.24) is 15.2 Å². The maximum Gasteiger partial charge on any atom is 0.253 e. The molecule has 8 heteroatoms. The van der Waals surface area contributed by atoms with E-state index in [4.69, 9.17) is 16.3 Å². The van der Waals surface area contributed by atoms with Crippen LogP contribution < -0.4 is 10.2 Å². The van der Waals surface area contributed by atoms with Crippen molar-refractivity contribution in [1.29, 1.82) is 0 Å². The number of halogens is 1. The van der Waals surface area contributed by atoms with Crippen molar-refractivity contribution in [3.8, 4) is 0 Å². The van der Waals surface area contributed by atoms with Crippen LogP contribution in [0.1, 0.15) is 28.8 Å². The van der Waals surface area contributed by atoms with Crippen molar-refractivity contribution in [3.05, 3.63) is 58.7 Å². The highest BCUT2D eigenvalue weighted by atomic mass is 35.5. The molecule has 2 aliphatic rings. The topological polar surface area (TPSA) is 74.8 Å². The highest BCUT2D eigenvalue weighted by Crippen LogP contribution is 2.21. The third-order valence-corrected chi connectivity index (χ3v) is 6.05. The van der Waals surface area contributed by atoms with Crippen LogP contribution in [0.15, 0.2) is 42.6 Å². The quantitative estimate of drug-likeness (QED) is 0.770. The normalized spacial score (nSPS) is 19.2. The number of carbonyl (C=O) groups excluding carboxylic acids is 2. The van der Waals surface area contributed by atoms with E-state index < -0.39 is 0 Å². The third-order valence-electron chi connectivity index (χ3n) is 5.80. The summed E-state index contributed by atoms with van der Waals surface area (Å²) in [6.07, 6.45) is 3.36. The number of morpholine rings is 1. The monoisotopic (exact) mass is 442 g/mol. The van der Waals surface area contributed by atoms with Crippen LogP contribution in [-0.2, 0) is 16.1 Å². The number of pyridine rings is 1. The zero-order valence-corrected chi connectivity index (χ0v) is 18.2. The first-order valence-electron chi connectivity index (χ1n) is 10.7. The molecule has 4 rings (SSSR count). The van der Waals surface area contributed by atoms with Crippen LogP contribution in [0.3, 0.4) is 0 Å². The highest BCUT2D eigenvalue weighted by Gasteiger charge is 2.29. The van der Waals surface area contributed by atoms with Gasteiger partial charge in [-0.1, -0.05) is 17.7 Å². The second kappa shape index (κ2) is 10.1. The van der Waals surface area contributed by atoms with Gasteiger partial charge in [-0.2, -0.15) is 0 Å². The molecule has 0 radical (unpaired) electrons. The Morgan fingerprint density at radius 2 is 1.90 bits per heavy atom. The van der Waals surface area contributed by atoms with Crippen LogP contribution in [-0.4, -0.2) is 61.1 Å². The Labute approximate surface area is 187 Å². The molecule has 0 bridgehead atoms. The summed E-state index contributed by atoms with van der Waals surface area (Å²) in [5.74, 6) is 0.601. The number of rotatable bonds is 5. The van der Waals surface area contributed by atoms with Gasteiger partial charge in [0.05, 0.1) is 19.1 Å². The van der Waals surface area contributed by atoms with Crippen LogP contribution in [0.4, 0.5) is 5.82 Å². The van der Waals surface area contributed by atoms with Gasteiger partial charge in [0.1, 0.15) is 5.82 Å². The number of ether oxygens (including phenoxy) is 1. The smallest absolute Gasteiger partial charge is 0.253 e. The van der Waals surface area contributed by atoms with E-state index in [-0.39, 0.29) is 17.7 Å². The highest BCUT2D eigenvalue weighted by molar-refractivity contribution is 6.30. The van der Waals surface area contributed by atoms with Gasteiger partial charge in [-0.15, -0.1) is 0 Å². The first kappa shape index (κ1) is 21.6. The lowest BCUT2D eigenvalue weighted by Gasteiger charge is -2.32. The molecule has 1 aromatic carbocycles. The minimum Gasteiger partial charge on any atom is -0.378 e. The molecular weight excluding hydrogens is 416 g/mol. The Bertz CT molecular complexity index is 915. The molecule has 1 N–H and O–H groups in total. The first-order chi connectivity index (χ1) is 15.1. The number of nitrogens with zero attached hydrogens (tertiary/aromatic N) is 3. The minimum atomic E-state index is -0.214. The lowest BCUT2D eigenvalue weighted by Crippen LogP contribution is -2.45. The zero-order chi connectivity index (χ0) is 21.6. The molecule has 0 saturated carbocycles. The summed E-state index contributed by atoms with van der Waals surface area (Å²) in [5, 5.41) is 3.66. The molecule has 2 fully saturated rings. The number of amides is 2. The van der Waals surface area contributed by atoms with Gasteiger partial charge in [-0.05, 0) is 43.2 Å². The van der Waals surface area contributed by atoms with E-state index in [0.29, 0.717) is 43.4 Å². The number of hydrogen-bond donors (Lipinski definition) is 1. The number of piperidine rings is 1. The summed E-state index contributed by atoms with van der Waals surface area (Å²) in [6, 6.07) is 10.8. The number of anilines is 1. The van der Waals surface area contributed by atoms with Crippen LogP contribution in [0.25, 0.3) is 0 Å². The summed E-state index contributed by atoms with van der Waals surface area (Å²) in [7, 11) is 0. The van der Waals surface area contributed by atoms with Gasteiger partial charge in [0.2, 0.25) is 5.91 Å². The number of hydrogen-bond acceptors (Lipinski definition) is 5. The average Bonchev–Trinajstić information content (AvgIpc) is 2.83. The SMILES string of the molecule is O=C(NCc1cccnc1N1CCOCC1)C1CCCN(C(=O)c2ccc(Cl)cc2)C1. The van der Waals surface area contributed by atoms with Gasteiger partial charge < -0.3 is 19.9 Å². The number of likely N-dealkylation sites (tertiary alicyclic amines) is 1. The van der Waals surface area contributed by atoms with Crippen LogP contribution in [0, 0.1) is 5.92 Å². The molecule has 0 aliphatic carbocycles. The van der Waals surface area contributed by atoms with E-state index in [1.165, 1.54) is 0 Å². The second-order valence-electron chi connectivity index (χ2n) is 7.90. The molecular formula is C23H27ClN4O3. The van der Waals surface area contributed by atoms with Crippen molar-refractivity contribution in [2.75, 3.05) is 44.3 Å². The molecule has 1 atom stereocenters. The number of carbonyl (C=O) groups is 2. The Balaban J connectivity index is 1.36. The fourth-order valence-corrected chi connectivity index (χ4v) is 4.23. The van der Waals surface area contributed by atoms with Crippen molar-refractivity contribution in [2.24, 2.45) is 5.92 Å². The zero-order valence-electron chi connectivity index (χ0n) is 17.4. The van der Waals surface area contributed by atoms with E-state index in [9.17, 15) is 9.59 Å². The molecule has 2 amide bonds. The molecule has 0 spiro atoms. The van der Waals surface area contributed by atoms with Crippen molar-refractivity contribution >= 4 is 29.2 Å². The van der Waals surface area contributed by atoms with Gasteiger partial charge in [0.15, 0.2) is 0 Å². The Kier molecular flexibility index (Phi) is 7.04. The summed E-state index contributed by atoms with van der Waals surface area (Å²) in [4.78, 5) is 34.2. The van der Waals surface area contributed by atoms with Gasteiger partial charge in [-0.3, -0.25) is 9.59 Å². The molecule has 1 unspecified atom stereocenters. The van der Waals surface area contributed by atoms with Crippen LogP contribution >= 0.6 is 11.6 Å². The van der Waals surface area contributed by atoms with Gasteiger partial charge >= 0.3 is 0 Å². The van der Waals surface area contributed by atoms with Gasteiger partial charge in [0.25, 0.3) is 5.91 Å². The first-order valence-corrected chi connectivity index (χ1v) is 11.1. The number of aromatic nitrogens is 1. The minimum absolute atomic E-state index is 0.0228. The maximum absolute atomic E-state index is 12.9. The Morgan fingerprint density at radius 1 is 1.13 bits per heavy atom. The van der Waals surface area contributed by atoms with E-state index in [1.807, 2.05) is 12.1 Å². The molecule has 7 nitrogen and oxygen atoms in total. The molecule has 2 aromatic rings. The van der Waals surface area contributed by atoms with E-state index >= 15 is 0 Å². The van der Waals surface area contributed by atoms with E-state index in [1.54, 1.807) is 35.4 Å². The molecule has 3 heterocycles. The maximum atomic E-state index is 12.9. The summed E-state index contributed by atoms with van der Waals surface area (Å²) < 4.78 is 5.43. The van der Waals surface area contributed by atoms with Crippen LogP contribution in [0.5, 0.6) is 0 Å². The number of nitrogens with one attached hydrogen (secondary N) is 1. The standard InChI is InChI=1S/C23H27ClN4O3/c24-20-7-5-17(6-8-20)23(30)28-10-2-4-19(16-28)22(29)26-15-18-3-1-9-25-21(18)27-11-13-31-14-12-27/h1,3,5-9,19H,2,4,10-16H2,(H,26,29). The predicted octanol–water partition coefficient (Wildman–Crippen LogP) is 2.74. The van der Waals surface area contributed by atoms with Crippen LogP contribution in [0.2, 0.25) is 5.02 Å². The molecule has 31 heavy (non-hydrogen) atoms. The average molecular weight is 443 g/mol. The van der Waals surface area contributed by atoms with Gasteiger partial charge in [-0.25, -0.2) is 4.98 Å². The lowest BCUT2D eigenvalue weighted by molar-refractivity contribution is -0.126. The Hall–Kier alpha value is -2.64. The summed E-state index contributed by atoms with van der Waals surface area (Å²) in [6.45, 7) is 4.46. The fraction of sp³-hybridized carbons (Fsp3) is 0.435. The fourth-order valence-electron chi connectivity index (χ4n) is 4.11. The lowest BCUT2D eigenvalue weighted by atomic mass is 9.96. The summed E-state index contributed by atoms with van der Waals surface area (Å²) in [5.41, 5.74) is 1.58. The van der Waals surface area contributed by atoms with Crippen molar-refractivity contribution in [3.63, 3.8) is 0 Å². The largest absolute Gasteiger partial charge is 0.378 e. The van der Waals surface area contributed by atoms with Crippen molar-refractivity contribution < 1.29 is 14.3 Å².